The van der Waals surface area contributed by atoms with Crippen LogP contribution in [0.3, 0.4) is 0 Å². The fourth-order valence-corrected chi connectivity index (χ4v) is 2.32. The number of carbonyl (C=O) groups is 1. The van der Waals surface area contributed by atoms with Crippen molar-refractivity contribution in [1.82, 2.24) is 14.5 Å². The zero-order valence-corrected chi connectivity index (χ0v) is 10.9. The summed E-state index contributed by atoms with van der Waals surface area (Å²) in [6.45, 7) is 0.429. The Hall–Kier alpha value is -2.04. The third-order valence-corrected chi connectivity index (χ3v) is 3.56. The largest absolute Gasteiger partial charge is 0.353 e. The van der Waals surface area contributed by atoms with E-state index in [0.717, 1.165) is 23.9 Å². The van der Waals surface area contributed by atoms with E-state index >= 15 is 0 Å². The summed E-state index contributed by atoms with van der Waals surface area (Å²) in [5.74, 6) is 0.0299. The molecule has 1 aromatic carbocycles. The molecule has 1 heterocycles. The molecule has 0 radical (unpaired) electrons. The van der Waals surface area contributed by atoms with Crippen LogP contribution in [-0.4, -0.2) is 21.1 Å². The number of amides is 1. The molecule has 0 aliphatic heterocycles. The molecule has 3 rings (SSSR count). The van der Waals surface area contributed by atoms with Gasteiger partial charge in [0.25, 0.3) is 0 Å². The predicted octanol–water partition coefficient (Wildman–Crippen LogP) is 1.01. The highest BCUT2D eigenvalue weighted by Gasteiger charge is 2.23. The number of carbonyl (C=O) groups excluding carboxylic acids is 1. The summed E-state index contributed by atoms with van der Waals surface area (Å²) in [5.41, 5.74) is 1.71. The molecule has 1 fully saturated rings. The van der Waals surface area contributed by atoms with E-state index in [9.17, 15) is 9.59 Å². The van der Waals surface area contributed by atoms with Gasteiger partial charge < -0.3 is 5.32 Å². The van der Waals surface area contributed by atoms with E-state index in [1.807, 2.05) is 24.3 Å². The van der Waals surface area contributed by atoms with Crippen molar-refractivity contribution in [2.45, 2.75) is 31.8 Å². The Balaban J connectivity index is 1.82. The average molecular weight is 259 g/mol. The zero-order valence-electron chi connectivity index (χ0n) is 10.9. The molecule has 19 heavy (non-hydrogen) atoms. The molecule has 2 aromatic rings. The lowest BCUT2D eigenvalue weighted by molar-refractivity contribution is -0.121. The minimum absolute atomic E-state index is 0.0299. The summed E-state index contributed by atoms with van der Waals surface area (Å²) in [5, 5.41) is 2.94. The van der Waals surface area contributed by atoms with Crippen molar-refractivity contribution < 1.29 is 4.79 Å². The van der Waals surface area contributed by atoms with Gasteiger partial charge in [-0.3, -0.25) is 13.9 Å². The van der Waals surface area contributed by atoms with Gasteiger partial charge in [0.05, 0.1) is 11.0 Å². The minimum atomic E-state index is -0.0691. The maximum atomic E-state index is 12.1. The molecule has 0 atom stereocenters. The Morgan fingerprint density at radius 2 is 2.00 bits per heavy atom. The Bertz CT molecular complexity index is 680. The summed E-state index contributed by atoms with van der Waals surface area (Å²) in [4.78, 5) is 23.8. The van der Waals surface area contributed by atoms with Gasteiger partial charge in [-0.2, -0.15) is 0 Å². The molecule has 1 saturated carbocycles. The molecular weight excluding hydrogens is 242 g/mol. The fraction of sp³-hybridized carbons (Fsp3) is 0.429. The maximum Gasteiger partial charge on any atom is 0.328 e. The van der Waals surface area contributed by atoms with Crippen LogP contribution in [0.25, 0.3) is 11.0 Å². The number of imidazole rings is 1. The molecule has 1 aromatic heterocycles. The first kappa shape index (κ1) is 12.0. The number of rotatable bonds is 4. The van der Waals surface area contributed by atoms with Crippen molar-refractivity contribution in [3.05, 3.63) is 34.7 Å². The topological polar surface area (TPSA) is 56.0 Å². The molecule has 1 N–H and O–H groups in total. The molecular formula is C14H17N3O2. The minimum Gasteiger partial charge on any atom is -0.353 e. The number of nitrogens with zero attached hydrogens (tertiary/aromatic N) is 2. The number of fused-ring (bicyclic) bond motifs is 1. The standard InChI is InChI=1S/C14H17N3O2/c1-16-11-4-2-3-5-12(11)17(14(16)19)9-8-13(18)15-10-6-7-10/h2-5,10H,6-9H2,1H3,(H,15,18). The van der Waals surface area contributed by atoms with Crippen LogP contribution in [0.2, 0.25) is 0 Å². The molecule has 0 saturated heterocycles. The van der Waals surface area contributed by atoms with E-state index in [2.05, 4.69) is 5.32 Å². The van der Waals surface area contributed by atoms with E-state index in [1.165, 1.54) is 0 Å². The number of nitrogens with one attached hydrogen (secondary N) is 1. The summed E-state index contributed by atoms with van der Waals surface area (Å²) in [7, 11) is 1.76. The highest BCUT2D eigenvalue weighted by atomic mass is 16.2. The molecule has 1 aliphatic rings. The smallest absolute Gasteiger partial charge is 0.328 e. The Kier molecular flexibility index (Phi) is 2.89. The molecule has 1 amide bonds. The van der Waals surface area contributed by atoms with Gasteiger partial charge in [-0.25, -0.2) is 4.79 Å². The Labute approximate surface area is 110 Å². The van der Waals surface area contributed by atoms with E-state index in [0.29, 0.717) is 19.0 Å². The lowest BCUT2D eigenvalue weighted by Crippen LogP contribution is -2.29. The highest BCUT2D eigenvalue weighted by Crippen LogP contribution is 2.18. The van der Waals surface area contributed by atoms with Crippen molar-refractivity contribution in [1.29, 1.82) is 0 Å². The van der Waals surface area contributed by atoms with E-state index < -0.39 is 0 Å². The van der Waals surface area contributed by atoms with Gasteiger partial charge in [-0.05, 0) is 25.0 Å². The fourth-order valence-electron chi connectivity index (χ4n) is 2.32. The van der Waals surface area contributed by atoms with E-state index in [1.54, 1.807) is 16.2 Å². The predicted molar refractivity (Wildman–Crippen MR) is 73.0 cm³/mol. The van der Waals surface area contributed by atoms with E-state index in [-0.39, 0.29) is 11.6 Å². The van der Waals surface area contributed by atoms with Crippen LogP contribution in [0.5, 0.6) is 0 Å². The van der Waals surface area contributed by atoms with Gasteiger partial charge in [-0.1, -0.05) is 12.1 Å². The SMILES string of the molecule is Cn1c(=O)n(CCC(=O)NC2CC2)c2ccccc21. The van der Waals surface area contributed by atoms with Crippen molar-refractivity contribution >= 4 is 16.9 Å². The summed E-state index contributed by atoms with van der Waals surface area (Å²) >= 11 is 0. The molecule has 1 aliphatic carbocycles. The van der Waals surface area contributed by atoms with Crippen LogP contribution in [0.4, 0.5) is 0 Å². The van der Waals surface area contributed by atoms with Crippen LogP contribution in [0.15, 0.2) is 29.1 Å². The second-order valence-electron chi connectivity index (χ2n) is 5.07. The van der Waals surface area contributed by atoms with Crippen LogP contribution in [0, 0.1) is 0 Å². The van der Waals surface area contributed by atoms with Crippen molar-refractivity contribution in [3.8, 4) is 0 Å². The summed E-state index contributed by atoms with van der Waals surface area (Å²) < 4.78 is 3.29. The highest BCUT2D eigenvalue weighted by molar-refractivity contribution is 5.78. The number of para-hydroxylation sites is 2. The second-order valence-corrected chi connectivity index (χ2v) is 5.07. The maximum absolute atomic E-state index is 12.1. The first-order valence-electron chi connectivity index (χ1n) is 6.60. The van der Waals surface area contributed by atoms with Gasteiger partial charge >= 0.3 is 5.69 Å². The summed E-state index contributed by atoms with van der Waals surface area (Å²) in [6, 6.07) is 8.01. The lowest BCUT2D eigenvalue weighted by atomic mass is 10.3. The van der Waals surface area contributed by atoms with Crippen LogP contribution in [0.1, 0.15) is 19.3 Å². The van der Waals surface area contributed by atoms with E-state index in [4.69, 9.17) is 0 Å². The molecule has 0 spiro atoms. The monoisotopic (exact) mass is 259 g/mol. The quantitative estimate of drug-likeness (QED) is 0.891. The molecule has 0 bridgehead atoms. The van der Waals surface area contributed by atoms with Gasteiger partial charge in [-0.15, -0.1) is 0 Å². The van der Waals surface area contributed by atoms with Gasteiger partial charge in [0, 0.05) is 26.1 Å². The van der Waals surface area contributed by atoms with Gasteiger partial charge in [0.1, 0.15) is 0 Å². The van der Waals surface area contributed by atoms with Crippen molar-refractivity contribution in [2.24, 2.45) is 7.05 Å². The molecule has 5 nitrogen and oxygen atoms in total. The van der Waals surface area contributed by atoms with Crippen LogP contribution < -0.4 is 11.0 Å². The third-order valence-electron chi connectivity index (χ3n) is 3.56. The number of benzene rings is 1. The first-order valence-corrected chi connectivity index (χ1v) is 6.60. The van der Waals surface area contributed by atoms with Gasteiger partial charge in [0.15, 0.2) is 0 Å². The Morgan fingerprint density at radius 1 is 1.32 bits per heavy atom. The number of hydrogen-bond acceptors (Lipinski definition) is 2. The molecule has 0 unspecified atom stereocenters. The van der Waals surface area contributed by atoms with Gasteiger partial charge in [0.2, 0.25) is 5.91 Å². The van der Waals surface area contributed by atoms with Crippen molar-refractivity contribution in [2.75, 3.05) is 0 Å². The van der Waals surface area contributed by atoms with Crippen molar-refractivity contribution in [3.63, 3.8) is 0 Å². The lowest BCUT2D eigenvalue weighted by Gasteiger charge is -2.04. The first-order chi connectivity index (χ1) is 9.16. The number of hydrogen-bond donors (Lipinski definition) is 1. The third kappa shape index (κ3) is 2.28. The zero-order chi connectivity index (χ0) is 13.4. The number of aryl methyl sites for hydroxylation is 2. The number of aromatic nitrogens is 2. The molecule has 5 heteroatoms. The second kappa shape index (κ2) is 4.57. The normalized spacial score (nSPS) is 14.8. The van der Waals surface area contributed by atoms with Crippen LogP contribution >= 0.6 is 0 Å². The Morgan fingerprint density at radius 3 is 2.68 bits per heavy atom. The van der Waals surface area contributed by atoms with Crippen LogP contribution in [-0.2, 0) is 18.4 Å². The average Bonchev–Trinajstić information content (AvgIpc) is 3.18. The molecule has 100 valence electrons. The summed E-state index contributed by atoms with van der Waals surface area (Å²) in [6.07, 6.45) is 2.52.